The van der Waals surface area contributed by atoms with Gasteiger partial charge in [0.2, 0.25) is 0 Å². The predicted octanol–water partition coefficient (Wildman–Crippen LogP) is 4.97. The fraction of sp³-hybridized carbons (Fsp3) is 0.533. The van der Waals surface area contributed by atoms with Gasteiger partial charge in [-0.2, -0.15) is 0 Å². The number of hydrogen-bond acceptors (Lipinski definition) is 3. The Morgan fingerprint density at radius 3 is 3.00 bits per heavy atom. The molecule has 1 aliphatic carbocycles. The number of anilines is 1. The van der Waals surface area contributed by atoms with Crippen molar-refractivity contribution in [2.45, 2.75) is 38.6 Å². The minimum Gasteiger partial charge on any atom is -0.335 e. The summed E-state index contributed by atoms with van der Waals surface area (Å²) in [5.41, 5.74) is 1.83. The molecule has 1 aliphatic heterocycles. The fourth-order valence-corrected chi connectivity index (χ4v) is 4.39. The number of fused-ring (bicyclic) bond motifs is 1. The second-order valence-electron chi connectivity index (χ2n) is 5.56. The topological polar surface area (TPSA) is 24.4 Å². The van der Waals surface area contributed by atoms with Crippen LogP contribution < -0.4 is 5.32 Å². The van der Waals surface area contributed by atoms with Crippen molar-refractivity contribution < 1.29 is 4.39 Å². The van der Waals surface area contributed by atoms with E-state index in [1.165, 1.54) is 25.7 Å². The van der Waals surface area contributed by atoms with Crippen LogP contribution in [0.4, 0.5) is 10.1 Å². The van der Waals surface area contributed by atoms with Gasteiger partial charge in [0.05, 0.1) is 10.5 Å². The lowest BCUT2D eigenvalue weighted by molar-refractivity contribution is 0.336. The molecule has 0 spiro atoms. The molecule has 1 fully saturated rings. The van der Waals surface area contributed by atoms with Crippen LogP contribution in [0.15, 0.2) is 21.6 Å². The first kappa shape index (κ1) is 14.4. The van der Waals surface area contributed by atoms with E-state index in [1.807, 2.05) is 6.92 Å². The van der Waals surface area contributed by atoms with Crippen molar-refractivity contribution in [3.63, 3.8) is 0 Å². The summed E-state index contributed by atoms with van der Waals surface area (Å²) in [6.07, 6.45) is 5.17. The van der Waals surface area contributed by atoms with E-state index in [9.17, 15) is 4.39 Å². The lowest BCUT2D eigenvalue weighted by atomic mass is 9.86. The van der Waals surface area contributed by atoms with Gasteiger partial charge in [-0.3, -0.25) is 4.99 Å². The maximum absolute atomic E-state index is 13.4. The van der Waals surface area contributed by atoms with E-state index in [1.54, 1.807) is 23.9 Å². The number of benzene rings is 1. The molecule has 5 heteroatoms. The Morgan fingerprint density at radius 1 is 1.35 bits per heavy atom. The number of nitrogens with one attached hydrogen (secondary N) is 1. The highest BCUT2D eigenvalue weighted by molar-refractivity contribution is 9.10. The largest absolute Gasteiger partial charge is 0.335 e. The molecule has 0 aromatic heterocycles. The van der Waals surface area contributed by atoms with Crippen LogP contribution in [0.2, 0.25) is 0 Å². The molecule has 0 saturated heterocycles. The number of nitrogens with zero attached hydrogens (tertiary/aromatic N) is 1. The molecule has 0 bridgehead atoms. The highest BCUT2D eigenvalue weighted by atomic mass is 79.9. The summed E-state index contributed by atoms with van der Waals surface area (Å²) < 4.78 is 13.9. The van der Waals surface area contributed by atoms with Gasteiger partial charge < -0.3 is 5.32 Å². The van der Waals surface area contributed by atoms with Crippen molar-refractivity contribution in [1.29, 1.82) is 0 Å². The maximum atomic E-state index is 13.4. The van der Waals surface area contributed by atoms with Crippen LogP contribution in [-0.2, 0) is 0 Å². The van der Waals surface area contributed by atoms with Crippen molar-refractivity contribution in [2.75, 3.05) is 11.1 Å². The Balaban J connectivity index is 1.78. The molecule has 2 nitrogen and oxygen atoms in total. The van der Waals surface area contributed by atoms with Gasteiger partial charge in [-0.15, -0.1) is 0 Å². The summed E-state index contributed by atoms with van der Waals surface area (Å²) in [4.78, 5) is 4.85. The smallest absolute Gasteiger partial charge is 0.161 e. The fourth-order valence-electron chi connectivity index (χ4n) is 2.89. The Morgan fingerprint density at radius 2 is 2.15 bits per heavy atom. The first-order chi connectivity index (χ1) is 9.63. The van der Waals surface area contributed by atoms with Crippen LogP contribution >= 0.6 is 27.7 Å². The first-order valence-corrected chi connectivity index (χ1v) is 8.84. The zero-order valence-electron chi connectivity index (χ0n) is 11.5. The molecular weight excluding hydrogens is 339 g/mol. The van der Waals surface area contributed by atoms with Crippen molar-refractivity contribution in [3.05, 3.63) is 28.0 Å². The van der Waals surface area contributed by atoms with Gasteiger partial charge in [0.25, 0.3) is 0 Å². The summed E-state index contributed by atoms with van der Waals surface area (Å²) in [5, 5.41) is 4.35. The van der Waals surface area contributed by atoms with Gasteiger partial charge in [0.1, 0.15) is 5.82 Å². The van der Waals surface area contributed by atoms with Crippen molar-refractivity contribution >= 4 is 38.5 Å². The lowest BCUT2D eigenvalue weighted by Gasteiger charge is -2.32. The van der Waals surface area contributed by atoms with Crippen LogP contribution in [0.1, 0.15) is 31.2 Å². The minimum absolute atomic E-state index is 0.223. The van der Waals surface area contributed by atoms with E-state index in [0.29, 0.717) is 10.5 Å². The summed E-state index contributed by atoms with van der Waals surface area (Å²) in [6, 6.07) is 3.82. The molecule has 1 N–H and O–H groups in total. The summed E-state index contributed by atoms with van der Waals surface area (Å²) in [5.74, 6) is 1.68. The number of amidine groups is 1. The number of hydrogen-bond donors (Lipinski definition) is 1. The molecule has 0 amide bonds. The maximum Gasteiger partial charge on any atom is 0.161 e. The van der Waals surface area contributed by atoms with Crippen molar-refractivity contribution in [3.8, 4) is 0 Å². The van der Waals surface area contributed by atoms with Gasteiger partial charge in [0, 0.05) is 11.4 Å². The quantitative estimate of drug-likeness (QED) is 0.767. The van der Waals surface area contributed by atoms with Gasteiger partial charge in [0.15, 0.2) is 5.17 Å². The van der Waals surface area contributed by atoms with Crippen LogP contribution in [0.25, 0.3) is 0 Å². The highest BCUT2D eigenvalue weighted by Gasteiger charge is 2.29. The monoisotopic (exact) mass is 356 g/mol. The van der Waals surface area contributed by atoms with Crippen LogP contribution in [0.3, 0.4) is 0 Å². The van der Waals surface area contributed by atoms with Crippen LogP contribution in [-0.4, -0.2) is 17.0 Å². The molecule has 3 rings (SSSR count). The second kappa shape index (κ2) is 6.06. The summed E-state index contributed by atoms with van der Waals surface area (Å²) in [7, 11) is 0. The van der Waals surface area contributed by atoms with E-state index in [-0.39, 0.29) is 5.82 Å². The number of halogens is 2. The van der Waals surface area contributed by atoms with Gasteiger partial charge in [-0.1, -0.05) is 24.6 Å². The normalized spacial score (nSPS) is 25.9. The molecule has 2 unspecified atom stereocenters. The molecule has 108 valence electrons. The van der Waals surface area contributed by atoms with E-state index in [2.05, 4.69) is 21.2 Å². The predicted molar refractivity (Wildman–Crippen MR) is 88.1 cm³/mol. The average molecular weight is 357 g/mol. The molecule has 1 aromatic rings. The standard InChI is InChI=1S/C15H18BrFN2S/c1-9-6-12(17)11(16)7-14(9)19-15-18-13-5-3-2-4-10(13)8-20-15/h6-7,10,13H,2-5,8H2,1H3,(H,18,19). The Hall–Kier alpha value is -0.550. The molecule has 2 aliphatic rings. The third-order valence-electron chi connectivity index (χ3n) is 4.10. The molecule has 0 radical (unpaired) electrons. The van der Waals surface area contributed by atoms with E-state index in [0.717, 1.165) is 28.1 Å². The molecule has 1 heterocycles. The molecule has 1 saturated carbocycles. The molecular formula is C15H18BrFN2S. The molecule has 1 aromatic carbocycles. The minimum atomic E-state index is -0.223. The van der Waals surface area contributed by atoms with Crippen molar-refractivity contribution in [2.24, 2.45) is 10.9 Å². The third-order valence-corrected chi connectivity index (χ3v) is 5.78. The second-order valence-corrected chi connectivity index (χ2v) is 7.43. The van der Waals surface area contributed by atoms with Gasteiger partial charge >= 0.3 is 0 Å². The lowest BCUT2D eigenvalue weighted by Crippen LogP contribution is -2.31. The van der Waals surface area contributed by atoms with Gasteiger partial charge in [-0.05, 0) is 59.3 Å². The Kier molecular flexibility index (Phi) is 4.36. The van der Waals surface area contributed by atoms with Gasteiger partial charge in [-0.25, -0.2) is 4.39 Å². The Bertz CT molecular complexity index is 547. The first-order valence-electron chi connectivity index (χ1n) is 7.07. The average Bonchev–Trinajstić information content (AvgIpc) is 2.44. The van der Waals surface area contributed by atoms with E-state index >= 15 is 0 Å². The van der Waals surface area contributed by atoms with Crippen LogP contribution in [0.5, 0.6) is 0 Å². The summed E-state index contributed by atoms with van der Waals surface area (Å²) >= 11 is 5.03. The SMILES string of the molecule is Cc1cc(F)c(Br)cc1NC1=NC2CCCCC2CS1. The third kappa shape index (κ3) is 3.03. The van der Waals surface area contributed by atoms with Crippen LogP contribution in [0, 0.1) is 18.7 Å². The number of thioether (sulfide) groups is 1. The van der Waals surface area contributed by atoms with Crippen molar-refractivity contribution in [1.82, 2.24) is 0 Å². The number of aliphatic imine (C=N–C) groups is 1. The zero-order chi connectivity index (χ0) is 14.1. The highest BCUT2D eigenvalue weighted by Crippen LogP contribution is 2.35. The molecule has 2 atom stereocenters. The number of rotatable bonds is 1. The number of aryl methyl sites for hydroxylation is 1. The zero-order valence-corrected chi connectivity index (χ0v) is 13.9. The summed E-state index contributed by atoms with van der Waals surface area (Å²) in [6.45, 7) is 1.91. The van der Waals surface area contributed by atoms with E-state index in [4.69, 9.17) is 4.99 Å². The Labute approximate surface area is 131 Å². The van der Waals surface area contributed by atoms with E-state index < -0.39 is 0 Å². The molecule has 20 heavy (non-hydrogen) atoms.